The quantitative estimate of drug-likeness (QED) is 0.277. The SMILES string of the molecule is O=C(O)c1cc(-c2ccc(Br)cc2)nc2ccc(OC(F)(I)I)cc12. The molecule has 3 aromatic rings. The monoisotopic (exact) mass is 627 g/mol. The summed E-state index contributed by atoms with van der Waals surface area (Å²) in [6.45, 7) is 0. The highest BCUT2D eigenvalue weighted by molar-refractivity contribution is 14.2. The molecule has 0 amide bonds. The van der Waals surface area contributed by atoms with Crippen molar-refractivity contribution in [2.24, 2.45) is 0 Å². The highest BCUT2D eigenvalue weighted by Crippen LogP contribution is 2.35. The van der Waals surface area contributed by atoms with E-state index in [1.54, 1.807) is 12.1 Å². The zero-order valence-corrected chi connectivity index (χ0v) is 18.2. The number of fused-ring (bicyclic) bond motifs is 1. The lowest BCUT2D eigenvalue weighted by Crippen LogP contribution is -2.12. The van der Waals surface area contributed by atoms with Crippen LogP contribution < -0.4 is 4.74 Å². The standard InChI is InChI=1S/C17H9BrFI2NO3/c18-10-3-1-9(2-4-10)15-8-13(16(23)24)12-7-11(25-17(19,20)21)5-6-14(12)22-15/h1-8H,(H,23,24). The Kier molecular flexibility index (Phi) is 5.49. The summed E-state index contributed by atoms with van der Waals surface area (Å²) in [4.78, 5) is 16.2. The van der Waals surface area contributed by atoms with Crippen molar-refractivity contribution in [3.8, 4) is 17.0 Å². The van der Waals surface area contributed by atoms with Crippen LogP contribution in [0.25, 0.3) is 22.2 Å². The molecule has 0 radical (unpaired) electrons. The Morgan fingerprint density at radius 3 is 2.44 bits per heavy atom. The number of carboxylic acids is 1. The molecule has 0 spiro atoms. The molecule has 1 aromatic heterocycles. The molecule has 0 saturated heterocycles. The number of rotatable bonds is 4. The topological polar surface area (TPSA) is 59.4 Å². The highest BCUT2D eigenvalue weighted by atomic mass is 127. The third kappa shape index (κ3) is 4.59. The van der Waals surface area contributed by atoms with Gasteiger partial charge in [-0.15, -0.1) is 0 Å². The second kappa shape index (κ2) is 7.31. The van der Waals surface area contributed by atoms with Gasteiger partial charge in [-0.3, -0.25) is 0 Å². The van der Waals surface area contributed by atoms with Gasteiger partial charge in [-0.05, 0) is 36.4 Å². The average Bonchev–Trinajstić information content (AvgIpc) is 2.53. The summed E-state index contributed by atoms with van der Waals surface area (Å²) in [5.74, 6) is -0.849. The van der Waals surface area contributed by atoms with Crippen molar-refractivity contribution in [2.45, 2.75) is 1.87 Å². The van der Waals surface area contributed by atoms with E-state index in [0.29, 0.717) is 16.6 Å². The van der Waals surface area contributed by atoms with Gasteiger partial charge in [0, 0.05) is 60.6 Å². The normalized spacial score (nSPS) is 11.5. The van der Waals surface area contributed by atoms with Gasteiger partial charge >= 0.3 is 7.84 Å². The van der Waals surface area contributed by atoms with E-state index >= 15 is 0 Å². The number of carboxylic acid groups (broad SMARTS) is 1. The van der Waals surface area contributed by atoms with Crippen LogP contribution in [0.5, 0.6) is 5.75 Å². The third-order valence-electron chi connectivity index (χ3n) is 3.38. The lowest BCUT2D eigenvalue weighted by atomic mass is 10.0. The zero-order chi connectivity index (χ0) is 18.2. The second-order valence-electron chi connectivity index (χ2n) is 5.09. The molecule has 0 unspecified atom stereocenters. The maximum Gasteiger partial charge on any atom is 0.350 e. The fourth-order valence-corrected chi connectivity index (χ4v) is 3.12. The van der Waals surface area contributed by atoms with Crippen LogP contribution >= 0.6 is 61.1 Å². The first-order valence-electron chi connectivity index (χ1n) is 6.93. The van der Waals surface area contributed by atoms with Gasteiger partial charge in [-0.25, -0.2) is 9.78 Å². The highest BCUT2D eigenvalue weighted by Gasteiger charge is 2.23. The number of halogens is 4. The second-order valence-corrected chi connectivity index (χ2v) is 10.8. The largest absolute Gasteiger partial charge is 0.478 e. The number of ether oxygens (including phenoxy) is 1. The van der Waals surface area contributed by atoms with Gasteiger partial charge in [0.25, 0.3) is 0 Å². The van der Waals surface area contributed by atoms with Crippen LogP contribution in [0.4, 0.5) is 4.39 Å². The summed E-state index contributed by atoms with van der Waals surface area (Å²) >= 11 is 6.37. The lowest BCUT2D eigenvalue weighted by molar-refractivity contribution is 0.0699. The Bertz CT molecular complexity index is 959. The Hall–Kier alpha value is -1.01. The number of pyridine rings is 1. The molecule has 25 heavy (non-hydrogen) atoms. The molecule has 2 aromatic carbocycles. The number of nitrogens with zero attached hydrogens (tertiary/aromatic N) is 1. The summed E-state index contributed by atoms with van der Waals surface area (Å²) in [7, 11) is 0. The molecule has 0 aliphatic carbocycles. The predicted octanol–water partition coefficient (Wildman–Crippen LogP) is 6.19. The first-order chi connectivity index (χ1) is 11.7. The number of hydrogen-bond acceptors (Lipinski definition) is 3. The molecule has 3 rings (SSSR count). The van der Waals surface area contributed by atoms with Crippen molar-refractivity contribution < 1.29 is 19.0 Å². The molecular formula is C17H9BrFI2NO3. The van der Waals surface area contributed by atoms with Gasteiger partial charge in [0.1, 0.15) is 5.75 Å². The minimum absolute atomic E-state index is 0.0831. The number of benzene rings is 2. The van der Waals surface area contributed by atoms with Gasteiger partial charge in [-0.2, -0.15) is 4.39 Å². The van der Waals surface area contributed by atoms with E-state index in [0.717, 1.165) is 10.0 Å². The Labute approximate surface area is 178 Å². The summed E-state index contributed by atoms with van der Waals surface area (Å²) < 4.78 is 17.8. The van der Waals surface area contributed by atoms with Crippen molar-refractivity contribution in [1.82, 2.24) is 4.98 Å². The van der Waals surface area contributed by atoms with Crippen molar-refractivity contribution in [3.63, 3.8) is 0 Å². The number of aromatic nitrogens is 1. The first-order valence-corrected chi connectivity index (χ1v) is 9.88. The van der Waals surface area contributed by atoms with Gasteiger partial charge in [0.15, 0.2) is 0 Å². The van der Waals surface area contributed by atoms with Gasteiger partial charge < -0.3 is 9.84 Å². The Morgan fingerprint density at radius 2 is 1.84 bits per heavy atom. The molecule has 8 heteroatoms. The number of alkyl halides is 3. The molecular weight excluding hydrogens is 619 g/mol. The van der Waals surface area contributed by atoms with Gasteiger partial charge in [-0.1, -0.05) is 28.1 Å². The van der Waals surface area contributed by atoms with E-state index in [9.17, 15) is 14.3 Å². The van der Waals surface area contributed by atoms with E-state index < -0.39 is 7.84 Å². The first kappa shape index (κ1) is 18.8. The van der Waals surface area contributed by atoms with E-state index in [4.69, 9.17) is 4.74 Å². The molecule has 0 aliphatic rings. The van der Waals surface area contributed by atoms with Crippen LogP contribution in [-0.2, 0) is 0 Å². The van der Waals surface area contributed by atoms with Crippen LogP contribution in [0.1, 0.15) is 10.4 Å². The fourth-order valence-electron chi connectivity index (χ4n) is 2.35. The minimum atomic E-state index is -1.92. The molecule has 128 valence electrons. The van der Waals surface area contributed by atoms with Crippen molar-refractivity contribution in [3.05, 3.63) is 58.6 Å². The zero-order valence-electron chi connectivity index (χ0n) is 12.3. The maximum atomic E-state index is 13.7. The Morgan fingerprint density at radius 1 is 1.16 bits per heavy atom. The summed E-state index contributed by atoms with van der Waals surface area (Å²) in [6.07, 6.45) is 0. The summed E-state index contributed by atoms with van der Waals surface area (Å²) in [5.41, 5.74) is 1.93. The third-order valence-corrected chi connectivity index (χ3v) is 4.35. The van der Waals surface area contributed by atoms with Crippen LogP contribution in [-0.4, -0.2) is 17.9 Å². The minimum Gasteiger partial charge on any atom is -0.478 e. The predicted molar refractivity (Wildman–Crippen MR) is 114 cm³/mol. The summed E-state index contributed by atoms with van der Waals surface area (Å²) in [6, 6.07) is 13.6. The van der Waals surface area contributed by atoms with Crippen LogP contribution in [0.3, 0.4) is 0 Å². The number of carbonyl (C=O) groups is 1. The van der Waals surface area contributed by atoms with Crippen LogP contribution in [0, 0.1) is 0 Å². The molecule has 4 nitrogen and oxygen atoms in total. The lowest BCUT2D eigenvalue weighted by Gasteiger charge is -2.14. The van der Waals surface area contributed by atoms with Crippen LogP contribution in [0.15, 0.2) is 53.0 Å². The average molecular weight is 628 g/mol. The molecule has 0 bridgehead atoms. The fraction of sp³-hybridized carbons (Fsp3) is 0.0588. The number of hydrogen-bond donors (Lipinski definition) is 1. The maximum absolute atomic E-state index is 13.7. The number of aromatic carboxylic acids is 1. The molecule has 0 saturated carbocycles. The molecule has 0 aliphatic heterocycles. The van der Waals surface area contributed by atoms with E-state index in [1.165, 1.54) is 57.3 Å². The van der Waals surface area contributed by atoms with Crippen molar-refractivity contribution in [2.75, 3.05) is 0 Å². The van der Waals surface area contributed by atoms with Crippen molar-refractivity contribution in [1.29, 1.82) is 0 Å². The van der Waals surface area contributed by atoms with Gasteiger partial charge in [0.05, 0.1) is 16.8 Å². The smallest absolute Gasteiger partial charge is 0.350 e. The molecule has 0 fully saturated rings. The molecule has 1 N–H and O–H groups in total. The van der Waals surface area contributed by atoms with E-state index in [2.05, 4.69) is 20.9 Å². The molecule has 0 atom stereocenters. The Balaban J connectivity index is 2.16. The summed E-state index contributed by atoms with van der Waals surface area (Å²) in [5, 5.41) is 9.96. The van der Waals surface area contributed by atoms with E-state index in [1.807, 2.05) is 24.3 Å². The van der Waals surface area contributed by atoms with Crippen LogP contribution in [0.2, 0.25) is 0 Å². The van der Waals surface area contributed by atoms with Crippen molar-refractivity contribution >= 4 is 78.0 Å². The van der Waals surface area contributed by atoms with Gasteiger partial charge in [0.2, 0.25) is 0 Å². The molecule has 1 heterocycles. The van der Waals surface area contributed by atoms with E-state index in [-0.39, 0.29) is 11.3 Å².